The van der Waals surface area contributed by atoms with Crippen LogP contribution in [0.25, 0.3) is 11.2 Å². The van der Waals surface area contributed by atoms with Crippen LogP contribution in [0.5, 0.6) is 0 Å². The second-order valence-corrected chi connectivity index (χ2v) is 6.43. The molecule has 1 unspecified atom stereocenters. The summed E-state index contributed by atoms with van der Waals surface area (Å²) in [5.41, 5.74) is 2.89. The van der Waals surface area contributed by atoms with Gasteiger partial charge >= 0.3 is 0 Å². The van der Waals surface area contributed by atoms with E-state index < -0.39 is 0 Å². The molecule has 0 bridgehead atoms. The van der Waals surface area contributed by atoms with Crippen LogP contribution in [0.1, 0.15) is 44.2 Å². The van der Waals surface area contributed by atoms with E-state index in [1.54, 1.807) is 0 Å². The highest BCUT2D eigenvalue weighted by molar-refractivity contribution is 6.16. The summed E-state index contributed by atoms with van der Waals surface area (Å²) < 4.78 is 10.0. The Kier molecular flexibility index (Phi) is 3.29. The Bertz CT molecular complexity index is 643. The molecule has 0 saturated carbocycles. The molecule has 1 aliphatic heterocycles. The highest BCUT2D eigenvalue weighted by Crippen LogP contribution is 2.35. The van der Waals surface area contributed by atoms with Crippen LogP contribution in [0.15, 0.2) is 0 Å². The summed E-state index contributed by atoms with van der Waals surface area (Å²) >= 11 is 6.11. The molecule has 6 heteroatoms. The van der Waals surface area contributed by atoms with Crippen LogP contribution in [0.2, 0.25) is 0 Å². The van der Waals surface area contributed by atoms with Gasteiger partial charge in [0.2, 0.25) is 0 Å². The van der Waals surface area contributed by atoms with Crippen molar-refractivity contribution < 1.29 is 4.74 Å². The standard InChI is InChI=1S/C14H21ClN4O/c1-9-12-13(18(4)17-9)19(11(8-15)16-12)10-5-6-20-14(2,3)7-10/h10H,5-8H2,1-4H3. The van der Waals surface area contributed by atoms with Gasteiger partial charge in [0.15, 0.2) is 5.65 Å². The number of fused-ring (bicyclic) bond motifs is 1. The fourth-order valence-corrected chi connectivity index (χ4v) is 3.43. The number of aryl methyl sites for hydroxylation is 2. The minimum absolute atomic E-state index is 0.100. The van der Waals surface area contributed by atoms with Crippen LogP contribution in [-0.4, -0.2) is 31.5 Å². The van der Waals surface area contributed by atoms with Crippen molar-refractivity contribution in [3.05, 3.63) is 11.5 Å². The number of ether oxygens (including phenoxy) is 1. The molecule has 0 aromatic carbocycles. The molecule has 0 radical (unpaired) electrons. The Labute approximate surface area is 123 Å². The first-order valence-corrected chi connectivity index (χ1v) is 7.57. The van der Waals surface area contributed by atoms with Crippen molar-refractivity contribution in [3.8, 4) is 0 Å². The number of halogens is 1. The van der Waals surface area contributed by atoms with E-state index in [0.717, 1.165) is 42.1 Å². The van der Waals surface area contributed by atoms with Gasteiger partial charge in [-0.1, -0.05) is 0 Å². The molecule has 0 amide bonds. The maximum atomic E-state index is 6.11. The summed E-state index contributed by atoms with van der Waals surface area (Å²) in [6, 6.07) is 0.368. The second-order valence-electron chi connectivity index (χ2n) is 6.17. The van der Waals surface area contributed by atoms with Crippen LogP contribution < -0.4 is 0 Å². The molecule has 1 aliphatic rings. The topological polar surface area (TPSA) is 44.9 Å². The van der Waals surface area contributed by atoms with E-state index in [-0.39, 0.29) is 5.60 Å². The molecule has 5 nitrogen and oxygen atoms in total. The number of imidazole rings is 1. The average Bonchev–Trinajstić information content (AvgIpc) is 2.87. The van der Waals surface area contributed by atoms with E-state index in [4.69, 9.17) is 16.3 Å². The normalized spacial score (nSPS) is 22.6. The third-order valence-corrected chi connectivity index (χ3v) is 4.30. The molecule has 110 valence electrons. The lowest BCUT2D eigenvalue weighted by Gasteiger charge is -2.36. The first kappa shape index (κ1) is 13.9. The number of nitrogens with zero attached hydrogens (tertiary/aromatic N) is 4. The monoisotopic (exact) mass is 296 g/mol. The molecule has 20 heavy (non-hydrogen) atoms. The Hall–Kier alpha value is -1.07. The first-order chi connectivity index (χ1) is 9.43. The van der Waals surface area contributed by atoms with Gasteiger partial charge in [-0.2, -0.15) is 5.10 Å². The molecule has 0 aliphatic carbocycles. The summed E-state index contributed by atoms with van der Waals surface area (Å²) in [4.78, 5) is 4.68. The molecule has 1 fully saturated rings. The van der Waals surface area contributed by atoms with E-state index in [0.29, 0.717) is 11.9 Å². The van der Waals surface area contributed by atoms with Crippen LogP contribution in [0.3, 0.4) is 0 Å². The Morgan fingerprint density at radius 3 is 2.85 bits per heavy atom. The SMILES string of the molecule is Cc1nn(C)c2c1nc(CCl)n2C1CCOC(C)(C)C1. The Morgan fingerprint density at radius 2 is 2.20 bits per heavy atom. The second kappa shape index (κ2) is 4.74. The minimum Gasteiger partial charge on any atom is -0.375 e. The van der Waals surface area contributed by atoms with Crippen molar-refractivity contribution in [2.75, 3.05) is 6.61 Å². The van der Waals surface area contributed by atoms with Crippen molar-refractivity contribution >= 4 is 22.8 Å². The van der Waals surface area contributed by atoms with Crippen LogP contribution in [-0.2, 0) is 17.7 Å². The van der Waals surface area contributed by atoms with Gasteiger partial charge in [0, 0.05) is 19.7 Å². The van der Waals surface area contributed by atoms with Crippen LogP contribution in [0, 0.1) is 6.92 Å². The molecule has 3 rings (SSSR count). The predicted molar refractivity (Wildman–Crippen MR) is 79.1 cm³/mol. The highest BCUT2D eigenvalue weighted by Gasteiger charge is 2.32. The molecule has 2 aromatic rings. The smallest absolute Gasteiger partial charge is 0.158 e. The fraction of sp³-hybridized carbons (Fsp3) is 0.714. The van der Waals surface area contributed by atoms with Crippen molar-refractivity contribution in [2.24, 2.45) is 7.05 Å². The van der Waals surface area contributed by atoms with E-state index in [9.17, 15) is 0 Å². The summed E-state index contributed by atoms with van der Waals surface area (Å²) in [6.07, 6.45) is 1.95. The molecule has 2 aromatic heterocycles. The molecular formula is C14H21ClN4O. The molecule has 0 spiro atoms. The number of hydrogen-bond donors (Lipinski definition) is 0. The van der Waals surface area contributed by atoms with Gasteiger partial charge in [0.25, 0.3) is 0 Å². The first-order valence-electron chi connectivity index (χ1n) is 7.03. The van der Waals surface area contributed by atoms with Crippen molar-refractivity contribution in [2.45, 2.75) is 51.1 Å². The molecule has 1 saturated heterocycles. The number of hydrogen-bond acceptors (Lipinski definition) is 3. The summed E-state index contributed by atoms with van der Waals surface area (Å²) in [6.45, 7) is 7.05. The molecular weight excluding hydrogens is 276 g/mol. The van der Waals surface area contributed by atoms with E-state index >= 15 is 0 Å². The lowest BCUT2D eigenvalue weighted by Crippen LogP contribution is -2.35. The summed E-state index contributed by atoms with van der Waals surface area (Å²) in [5, 5.41) is 4.48. The number of aromatic nitrogens is 4. The predicted octanol–water partition coefficient (Wildman–Crippen LogP) is 2.95. The lowest BCUT2D eigenvalue weighted by atomic mass is 9.93. The Morgan fingerprint density at radius 1 is 1.45 bits per heavy atom. The maximum Gasteiger partial charge on any atom is 0.158 e. The highest BCUT2D eigenvalue weighted by atomic mass is 35.5. The zero-order valence-corrected chi connectivity index (χ0v) is 13.2. The Balaban J connectivity index is 2.14. The fourth-order valence-electron chi connectivity index (χ4n) is 3.24. The van der Waals surface area contributed by atoms with Crippen molar-refractivity contribution in [1.82, 2.24) is 19.3 Å². The van der Waals surface area contributed by atoms with Crippen molar-refractivity contribution in [3.63, 3.8) is 0 Å². The molecule has 1 atom stereocenters. The van der Waals surface area contributed by atoms with Gasteiger partial charge in [-0.25, -0.2) is 4.98 Å². The third-order valence-electron chi connectivity index (χ3n) is 4.06. The molecule has 0 N–H and O–H groups in total. The van der Waals surface area contributed by atoms with Crippen LogP contribution in [0.4, 0.5) is 0 Å². The van der Waals surface area contributed by atoms with Gasteiger partial charge in [-0.05, 0) is 33.6 Å². The zero-order chi connectivity index (χ0) is 14.5. The minimum atomic E-state index is -0.100. The summed E-state index contributed by atoms with van der Waals surface area (Å²) in [5.74, 6) is 1.35. The third kappa shape index (κ3) is 2.13. The number of alkyl halides is 1. The average molecular weight is 297 g/mol. The lowest BCUT2D eigenvalue weighted by molar-refractivity contribution is -0.0689. The number of rotatable bonds is 2. The van der Waals surface area contributed by atoms with Gasteiger partial charge in [-0.3, -0.25) is 4.68 Å². The maximum absolute atomic E-state index is 6.11. The van der Waals surface area contributed by atoms with E-state index in [1.165, 1.54) is 0 Å². The van der Waals surface area contributed by atoms with Gasteiger partial charge < -0.3 is 9.30 Å². The quantitative estimate of drug-likeness (QED) is 0.800. The summed E-state index contributed by atoms with van der Waals surface area (Å²) in [7, 11) is 1.97. The van der Waals surface area contributed by atoms with Gasteiger partial charge in [0.05, 0.1) is 17.2 Å². The van der Waals surface area contributed by atoms with Crippen LogP contribution >= 0.6 is 11.6 Å². The van der Waals surface area contributed by atoms with E-state index in [2.05, 4.69) is 28.5 Å². The largest absolute Gasteiger partial charge is 0.375 e. The molecule has 3 heterocycles. The van der Waals surface area contributed by atoms with Gasteiger partial charge in [0.1, 0.15) is 11.3 Å². The zero-order valence-electron chi connectivity index (χ0n) is 12.5. The van der Waals surface area contributed by atoms with Crippen molar-refractivity contribution in [1.29, 1.82) is 0 Å². The van der Waals surface area contributed by atoms with Gasteiger partial charge in [-0.15, -0.1) is 11.6 Å². The van der Waals surface area contributed by atoms with E-state index in [1.807, 2.05) is 18.7 Å².